The number of carbonyl (C=O) groups is 1. The summed E-state index contributed by atoms with van der Waals surface area (Å²) >= 11 is 0. The molecule has 1 heterocycles. The van der Waals surface area contributed by atoms with Gasteiger partial charge in [0.25, 0.3) is 0 Å². The maximum absolute atomic E-state index is 11.5. The van der Waals surface area contributed by atoms with Crippen LogP contribution in [0.4, 0.5) is 0 Å². The fourth-order valence-electron chi connectivity index (χ4n) is 3.31. The standard InChI is InChI=1S/C10H15NO/c12-9-6-10(8-5-7(8)9)1-3-11-4-2-10/h7-8,11H,1-6H2. The summed E-state index contributed by atoms with van der Waals surface area (Å²) in [6.45, 7) is 2.27. The van der Waals surface area contributed by atoms with Crippen molar-refractivity contribution >= 4 is 5.78 Å². The largest absolute Gasteiger partial charge is 0.317 e. The summed E-state index contributed by atoms with van der Waals surface area (Å²) in [4.78, 5) is 11.5. The molecule has 1 spiro atoms. The molecule has 2 aliphatic carbocycles. The lowest BCUT2D eigenvalue weighted by Gasteiger charge is -2.34. The first-order valence-electron chi connectivity index (χ1n) is 5.05. The summed E-state index contributed by atoms with van der Waals surface area (Å²) in [7, 11) is 0. The molecule has 0 bridgehead atoms. The van der Waals surface area contributed by atoms with E-state index in [2.05, 4.69) is 5.32 Å². The Labute approximate surface area is 72.7 Å². The average Bonchev–Trinajstić information content (AvgIpc) is 2.80. The minimum absolute atomic E-state index is 0.465. The molecular formula is C10H15NO. The molecule has 0 aromatic heterocycles. The molecule has 2 nitrogen and oxygen atoms in total. The molecule has 3 rings (SSSR count). The molecule has 0 aromatic carbocycles. The maximum Gasteiger partial charge on any atom is 0.136 e. The molecule has 0 radical (unpaired) electrons. The molecule has 2 heteroatoms. The molecule has 2 unspecified atom stereocenters. The zero-order valence-electron chi connectivity index (χ0n) is 7.31. The van der Waals surface area contributed by atoms with Gasteiger partial charge in [-0.2, -0.15) is 0 Å². The van der Waals surface area contributed by atoms with Crippen LogP contribution in [0.25, 0.3) is 0 Å². The third-order valence-electron chi connectivity index (χ3n) is 4.12. The number of fused-ring (bicyclic) bond motifs is 2. The Morgan fingerprint density at radius 2 is 2.08 bits per heavy atom. The van der Waals surface area contributed by atoms with Crippen LogP contribution in [0, 0.1) is 17.3 Å². The maximum atomic E-state index is 11.5. The van der Waals surface area contributed by atoms with Crippen LogP contribution in [-0.4, -0.2) is 18.9 Å². The van der Waals surface area contributed by atoms with E-state index in [0.29, 0.717) is 17.1 Å². The second-order valence-electron chi connectivity index (χ2n) is 4.70. The predicted molar refractivity (Wildman–Crippen MR) is 45.8 cm³/mol. The molecule has 1 N–H and O–H groups in total. The van der Waals surface area contributed by atoms with Crippen molar-refractivity contribution in [1.82, 2.24) is 5.32 Å². The number of hydrogen-bond donors (Lipinski definition) is 1. The van der Waals surface area contributed by atoms with Crippen molar-refractivity contribution in [2.45, 2.75) is 25.7 Å². The zero-order valence-corrected chi connectivity index (χ0v) is 7.31. The van der Waals surface area contributed by atoms with E-state index < -0.39 is 0 Å². The van der Waals surface area contributed by atoms with Crippen molar-refractivity contribution in [3.8, 4) is 0 Å². The first-order valence-corrected chi connectivity index (χ1v) is 5.05. The molecule has 0 aromatic rings. The molecule has 3 aliphatic rings. The fourth-order valence-corrected chi connectivity index (χ4v) is 3.31. The Morgan fingerprint density at radius 3 is 2.58 bits per heavy atom. The normalized spacial score (nSPS) is 43.2. The van der Waals surface area contributed by atoms with Gasteiger partial charge in [-0.15, -0.1) is 0 Å². The second-order valence-corrected chi connectivity index (χ2v) is 4.70. The summed E-state index contributed by atoms with van der Waals surface area (Å²) in [6, 6.07) is 0. The number of hydrogen-bond acceptors (Lipinski definition) is 2. The van der Waals surface area contributed by atoms with Gasteiger partial charge in [-0.1, -0.05) is 0 Å². The highest BCUT2D eigenvalue weighted by molar-refractivity contribution is 5.87. The quantitative estimate of drug-likeness (QED) is 0.579. The summed E-state index contributed by atoms with van der Waals surface area (Å²) in [5, 5.41) is 3.38. The van der Waals surface area contributed by atoms with Crippen LogP contribution in [0.3, 0.4) is 0 Å². The Bertz CT molecular complexity index is 230. The van der Waals surface area contributed by atoms with Gasteiger partial charge in [-0.25, -0.2) is 0 Å². The van der Waals surface area contributed by atoms with Crippen LogP contribution in [0.15, 0.2) is 0 Å². The summed E-state index contributed by atoms with van der Waals surface area (Å²) in [5.41, 5.74) is 0.465. The van der Waals surface area contributed by atoms with Gasteiger partial charge in [-0.05, 0) is 43.7 Å². The van der Waals surface area contributed by atoms with E-state index in [-0.39, 0.29) is 0 Å². The van der Waals surface area contributed by atoms with Crippen molar-refractivity contribution in [3.05, 3.63) is 0 Å². The third-order valence-corrected chi connectivity index (χ3v) is 4.12. The zero-order chi connectivity index (χ0) is 8.18. The van der Waals surface area contributed by atoms with Gasteiger partial charge in [0, 0.05) is 12.3 Å². The minimum atomic E-state index is 0.465. The summed E-state index contributed by atoms with van der Waals surface area (Å²) < 4.78 is 0. The molecule has 0 amide bonds. The van der Waals surface area contributed by atoms with Crippen molar-refractivity contribution in [2.75, 3.05) is 13.1 Å². The topological polar surface area (TPSA) is 29.1 Å². The van der Waals surface area contributed by atoms with Gasteiger partial charge in [0.05, 0.1) is 0 Å². The molecule has 12 heavy (non-hydrogen) atoms. The smallest absolute Gasteiger partial charge is 0.136 e. The van der Waals surface area contributed by atoms with Crippen molar-refractivity contribution in [2.24, 2.45) is 17.3 Å². The van der Waals surface area contributed by atoms with E-state index in [1.54, 1.807) is 0 Å². The van der Waals surface area contributed by atoms with Gasteiger partial charge in [-0.3, -0.25) is 4.79 Å². The van der Waals surface area contributed by atoms with Crippen molar-refractivity contribution < 1.29 is 4.79 Å². The van der Waals surface area contributed by atoms with E-state index in [9.17, 15) is 4.79 Å². The minimum Gasteiger partial charge on any atom is -0.317 e. The van der Waals surface area contributed by atoms with Crippen LogP contribution >= 0.6 is 0 Å². The van der Waals surface area contributed by atoms with Gasteiger partial charge >= 0.3 is 0 Å². The van der Waals surface area contributed by atoms with Gasteiger partial charge < -0.3 is 5.32 Å². The average molecular weight is 165 g/mol. The van der Waals surface area contributed by atoms with Crippen LogP contribution in [0.1, 0.15) is 25.7 Å². The van der Waals surface area contributed by atoms with Gasteiger partial charge in [0.1, 0.15) is 5.78 Å². The van der Waals surface area contributed by atoms with E-state index in [0.717, 1.165) is 25.4 Å². The van der Waals surface area contributed by atoms with Crippen LogP contribution in [0.2, 0.25) is 0 Å². The molecule has 1 saturated heterocycles. The summed E-state index contributed by atoms with van der Waals surface area (Å²) in [6.07, 6.45) is 4.63. The summed E-state index contributed by atoms with van der Waals surface area (Å²) in [5.74, 6) is 1.87. The first-order chi connectivity index (χ1) is 5.82. The lowest BCUT2D eigenvalue weighted by Crippen LogP contribution is -2.37. The molecule has 2 saturated carbocycles. The monoisotopic (exact) mass is 165 g/mol. The number of ketones is 1. The van der Waals surface area contributed by atoms with Gasteiger partial charge in [0.15, 0.2) is 0 Å². The van der Waals surface area contributed by atoms with Crippen molar-refractivity contribution in [3.63, 3.8) is 0 Å². The Balaban J connectivity index is 1.86. The van der Waals surface area contributed by atoms with Gasteiger partial charge in [0.2, 0.25) is 0 Å². The molecular weight excluding hydrogens is 150 g/mol. The van der Waals surface area contributed by atoms with E-state index in [1.165, 1.54) is 19.3 Å². The van der Waals surface area contributed by atoms with Crippen molar-refractivity contribution in [1.29, 1.82) is 0 Å². The van der Waals surface area contributed by atoms with Crippen LogP contribution < -0.4 is 5.32 Å². The highest BCUT2D eigenvalue weighted by Gasteiger charge is 2.61. The SMILES string of the molecule is O=C1CC2(CCNCC2)C2CC12. The molecule has 3 fully saturated rings. The fraction of sp³-hybridized carbons (Fsp3) is 0.900. The lowest BCUT2D eigenvalue weighted by molar-refractivity contribution is -0.120. The predicted octanol–water partition coefficient (Wildman–Crippen LogP) is 0.965. The number of piperidine rings is 1. The van der Waals surface area contributed by atoms with E-state index >= 15 is 0 Å². The highest BCUT2D eigenvalue weighted by Crippen LogP contribution is 2.63. The number of Topliss-reactive ketones (excluding diaryl/α,β-unsaturated/α-hetero) is 1. The number of nitrogens with one attached hydrogen (secondary N) is 1. The Morgan fingerprint density at radius 1 is 1.33 bits per heavy atom. The number of rotatable bonds is 0. The van der Waals surface area contributed by atoms with Crippen LogP contribution in [-0.2, 0) is 4.79 Å². The lowest BCUT2D eigenvalue weighted by atomic mass is 9.74. The molecule has 2 atom stereocenters. The molecule has 1 aliphatic heterocycles. The van der Waals surface area contributed by atoms with E-state index in [1.807, 2.05) is 0 Å². The van der Waals surface area contributed by atoms with E-state index in [4.69, 9.17) is 0 Å². The Hall–Kier alpha value is -0.370. The first kappa shape index (κ1) is 7.07. The highest BCUT2D eigenvalue weighted by atomic mass is 16.1. The van der Waals surface area contributed by atoms with Crippen LogP contribution in [0.5, 0.6) is 0 Å². The number of carbonyl (C=O) groups excluding carboxylic acids is 1. The second kappa shape index (κ2) is 2.11. The third kappa shape index (κ3) is 0.764. The molecule has 66 valence electrons. The Kier molecular flexibility index (Phi) is 1.24.